The highest BCUT2D eigenvalue weighted by Crippen LogP contribution is 2.22. The standard InChI is InChI=1S/C29H34F2N6O5/c1-19-21(6-4-8-24(19)31)17-33-28(39)36(2)23(9-10-27(38)37-13-11-32-12-14-37)18-41-29(40)34-26-16-25(35-42-26)20-5-3-7-22(30)15-20/h3-8,15-16,23,32H,9-14,17-18H2,1-2H3,(H,33,39)(H,34,40)/t23-/m0/s1. The number of hydrogen-bond donors (Lipinski definition) is 3. The number of likely N-dealkylation sites (N-methyl/N-ethyl adjacent to an activating group) is 1. The van der Waals surface area contributed by atoms with E-state index in [1.165, 1.54) is 42.3 Å². The van der Waals surface area contributed by atoms with Gasteiger partial charge in [-0.25, -0.2) is 18.4 Å². The molecule has 0 spiro atoms. The molecule has 1 aliphatic rings. The summed E-state index contributed by atoms with van der Waals surface area (Å²) >= 11 is 0. The normalized spacial score (nSPS) is 13.8. The van der Waals surface area contributed by atoms with Gasteiger partial charge in [0.1, 0.15) is 23.9 Å². The minimum Gasteiger partial charge on any atom is -0.447 e. The van der Waals surface area contributed by atoms with E-state index in [-0.39, 0.29) is 43.6 Å². The molecule has 1 saturated heterocycles. The molecule has 42 heavy (non-hydrogen) atoms. The molecule has 2 heterocycles. The van der Waals surface area contributed by atoms with Crippen molar-refractivity contribution in [3.8, 4) is 11.3 Å². The van der Waals surface area contributed by atoms with Gasteiger partial charge in [0.15, 0.2) is 0 Å². The molecule has 0 radical (unpaired) electrons. The zero-order valence-corrected chi connectivity index (χ0v) is 23.5. The van der Waals surface area contributed by atoms with Crippen LogP contribution in [-0.4, -0.2) is 78.9 Å². The Morgan fingerprint density at radius 1 is 1.14 bits per heavy atom. The van der Waals surface area contributed by atoms with Crippen LogP contribution in [0.25, 0.3) is 11.3 Å². The molecule has 4 rings (SSSR count). The van der Waals surface area contributed by atoms with Crippen LogP contribution in [0.1, 0.15) is 24.0 Å². The van der Waals surface area contributed by atoms with Gasteiger partial charge in [0, 0.05) is 57.8 Å². The van der Waals surface area contributed by atoms with Crippen LogP contribution in [0.4, 0.5) is 24.3 Å². The lowest BCUT2D eigenvalue weighted by atomic mass is 10.1. The Kier molecular flexibility index (Phi) is 10.4. The Balaban J connectivity index is 1.36. The predicted octanol–water partition coefficient (Wildman–Crippen LogP) is 3.90. The van der Waals surface area contributed by atoms with Crippen molar-refractivity contribution < 1.29 is 32.4 Å². The lowest BCUT2D eigenvalue weighted by Gasteiger charge is -2.30. The topological polar surface area (TPSA) is 129 Å². The molecule has 11 nitrogen and oxygen atoms in total. The molecule has 13 heteroatoms. The van der Waals surface area contributed by atoms with Crippen molar-refractivity contribution in [1.29, 1.82) is 0 Å². The van der Waals surface area contributed by atoms with Crippen LogP contribution < -0.4 is 16.0 Å². The van der Waals surface area contributed by atoms with E-state index in [4.69, 9.17) is 9.26 Å². The highest BCUT2D eigenvalue weighted by atomic mass is 19.1. The molecule has 1 aliphatic heterocycles. The van der Waals surface area contributed by atoms with E-state index >= 15 is 0 Å². The zero-order valence-electron chi connectivity index (χ0n) is 23.5. The molecule has 4 amide bonds. The monoisotopic (exact) mass is 584 g/mol. The van der Waals surface area contributed by atoms with Crippen LogP contribution in [0.3, 0.4) is 0 Å². The highest BCUT2D eigenvalue weighted by Gasteiger charge is 2.25. The number of piperazine rings is 1. The summed E-state index contributed by atoms with van der Waals surface area (Å²) in [5, 5.41) is 12.2. The Labute approximate surface area is 242 Å². The first-order valence-electron chi connectivity index (χ1n) is 13.6. The first-order chi connectivity index (χ1) is 20.2. The van der Waals surface area contributed by atoms with Gasteiger partial charge in [-0.2, -0.15) is 0 Å². The summed E-state index contributed by atoms with van der Waals surface area (Å²) in [6.45, 7) is 4.13. The molecule has 0 aliphatic carbocycles. The van der Waals surface area contributed by atoms with Gasteiger partial charge in [-0.05, 0) is 42.7 Å². The van der Waals surface area contributed by atoms with Crippen molar-refractivity contribution in [3.63, 3.8) is 0 Å². The van der Waals surface area contributed by atoms with Gasteiger partial charge in [0.25, 0.3) is 0 Å². The maximum atomic E-state index is 13.9. The van der Waals surface area contributed by atoms with Gasteiger partial charge in [0.2, 0.25) is 11.8 Å². The molecular formula is C29H34F2N6O5. The average Bonchev–Trinajstić information content (AvgIpc) is 3.46. The fourth-order valence-electron chi connectivity index (χ4n) is 4.48. The van der Waals surface area contributed by atoms with E-state index in [0.29, 0.717) is 48.6 Å². The number of urea groups is 1. The summed E-state index contributed by atoms with van der Waals surface area (Å²) < 4.78 is 37.9. The number of anilines is 1. The fourth-order valence-corrected chi connectivity index (χ4v) is 4.48. The second-order valence-corrected chi connectivity index (χ2v) is 9.93. The molecule has 0 unspecified atom stereocenters. The fraction of sp³-hybridized carbons (Fsp3) is 0.379. The van der Waals surface area contributed by atoms with Crippen LogP contribution in [0.15, 0.2) is 53.1 Å². The van der Waals surface area contributed by atoms with E-state index in [1.807, 2.05) is 0 Å². The van der Waals surface area contributed by atoms with Crippen LogP contribution in [0.5, 0.6) is 0 Å². The number of ether oxygens (including phenoxy) is 1. The summed E-state index contributed by atoms with van der Waals surface area (Å²) in [6.07, 6.45) is -0.472. The number of nitrogens with zero attached hydrogens (tertiary/aromatic N) is 3. The van der Waals surface area contributed by atoms with Crippen molar-refractivity contribution in [2.45, 2.75) is 32.4 Å². The maximum Gasteiger partial charge on any atom is 0.414 e. The number of amides is 4. The van der Waals surface area contributed by atoms with Crippen molar-refractivity contribution in [2.24, 2.45) is 0 Å². The van der Waals surface area contributed by atoms with Crippen LogP contribution in [0, 0.1) is 18.6 Å². The van der Waals surface area contributed by atoms with Crippen molar-refractivity contribution in [2.75, 3.05) is 45.2 Å². The summed E-state index contributed by atoms with van der Waals surface area (Å²) in [7, 11) is 1.54. The number of halogens is 2. The summed E-state index contributed by atoms with van der Waals surface area (Å²) in [6, 6.07) is 10.7. The van der Waals surface area contributed by atoms with E-state index in [1.54, 1.807) is 30.0 Å². The molecule has 1 fully saturated rings. The summed E-state index contributed by atoms with van der Waals surface area (Å²) in [5.74, 6) is -0.873. The molecule has 3 aromatic rings. The van der Waals surface area contributed by atoms with Crippen molar-refractivity contribution in [1.82, 2.24) is 25.6 Å². The number of aromatic nitrogens is 1. The number of carbonyl (C=O) groups is 3. The van der Waals surface area contributed by atoms with Crippen molar-refractivity contribution in [3.05, 3.63) is 71.3 Å². The summed E-state index contributed by atoms with van der Waals surface area (Å²) in [4.78, 5) is 41.5. The quantitative estimate of drug-likeness (QED) is 0.330. The highest BCUT2D eigenvalue weighted by molar-refractivity contribution is 5.83. The Bertz CT molecular complexity index is 1390. The lowest BCUT2D eigenvalue weighted by Crippen LogP contribution is -2.48. The molecular weight excluding hydrogens is 550 g/mol. The Morgan fingerprint density at radius 3 is 2.67 bits per heavy atom. The molecule has 0 bridgehead atoms. The second kappa shape index (κ2) is 14.4. The van der Waals surface area contributed by atoms with Gasteiger partial charge in [0.05, 0.1) is 6.04 Å². The summed E-state index contributed by atoms with van der Waals surface area (Å²) in [5.41, 5.74) is 1.85. The van der Waals surface area contributed by atoms with Crippen LogP contribution in [-0.2, 0) is 16.1 Å². The number of hydrogen-bond acceptors (Lipinski definition) is 7. The molecule has 1 atom stereocenters. The lowest BCUT2D eigenvalue weighted by molar-refractivity contribution is -0.132. The number of rotatable bonds is 10. The van der Waals surface area contributed by atoms with E-state index in [9.17, 15) is 23.2 Å². The predicted molar refractivity (Wildman–Crippen MR) is 150 cm³/mol. The number of nitrogens with one attached hydrogen (secondary N) is 3. The number of benzene rings is 2. The van der Waals surface area contributed by atoms with Crippen LogP contribution >= 0.6 is 0 Å². The first-order valence-corrected chi connectivity index (χ1v) is 13.6. The van der Waals surface area contributed by atoms with Gasteiger partial charge in [-0.15, -0.1) is 0 Å². The molecule has 2 aromatic carbocycles. The molecule has 0 saturated carbocycles. The maximum absolute atomic E-state index is 13.9. The van der Waals surface area contributed by atoms with Gasteiger partial charge >= 0.3 is 12.1 Å². The minimum absolute atomic E-state index is 0.0127. The Morgan fingerprint density at radius 2 is 1.90 bits per heavy atom. The van der Waals surface area contributed by atoms with Gasteiger partial charge < -0.3 is 29.7 Å². The molecule has 224 valence electrons. The van der Waals surface area contributed by atoms with E-state index in [0.717, 1.165) is 0 Å². The third-order valence-electron chi connectivity index (χ3n) is 7.10. The first kappa shape index (κ1) is 30.4. The Hall–Kier alpha value is -4.52. The minimum atomic E-state index is -0.862. The smallest absolute Gasteiger partial charge is 0.414 e. The van der Waals surface area contributed by atoms with E-state index < -0.39 is 24.0 Å². The third kappa shape index (κ3) is 8.26. The zero-order chi connectivity index (χ0) is 30.1. The second-order valence-electron chi connectivity index (χ2n) is 9.93. The largest absolute Gasteiger partial charge is 0.447 e. The number of carbonyl (C=O) groups excluding carboxylic acids is 3. The van der Waals surface area contributed by atoms with Crippen LogP contribution in [0.2, 0.25) is 0 Å². The van der Waals surface area contributed by atoms with Gasteiger partial charge in [-0.1, -0.05) is 29.4 Å². The molecule has 3 N–H and O–H groups in total. The van der Waals surface area contributed by atoms with Gasteiger partial charge in [-0.3, -0.25) is 10.1 Å². The van der Waals surface area contributed by atoms with Crippen molar-refractivity contribution >= 4 is 23.9 Å². The average molecular weight is 585 g/mol. The van der Waals surface area contributed by atoms with E-state index in [2.05, 4.69) is 21.1 Å². The third-order valence-corrected chi connectivity index (χ3v) is 7.10. The SMILES string of the molecule is Cc1c(F)cccc1CNC(=O)N(C)[C@@H](CCC(=O)N1CCNCC1)COC(=O)Nc1cc(-c2cccc(F)c2)no1. The molecule has 1 aromatic heterocycles.